The number of thioether (sulfide) groups is 1. The lowest BCUT2D eigenvalue weighted by Gasteiger charge is -2.15. The van der Waals surface area contributed by atoms with E-state index >= 15 is 0 Å². The molecule has 1 aromatic rings. The first-order valence-electron chi connectivity index (χ1n) is 4.83. The fraction of sp³-hybridized carbons (Fsp3) is 0.556. The Morgan fingerprint density at radius 1 is 1.69 bits per heavy atom. The minimum Gasteiger partial charge on any atom is -0.389 e. The van der Waals surface area contributed by atoms with Gasteiger partial charge in [-0.1, -0.05) is 6.92 Å². The lowest BCUT2D eigenvalue weighted by atomic mass is 10.2. The second-order valence-electron chi connectivity index (χ2n) is 3.71. The molecule has 4 atom stereocenters. The number of hydrogen-bond acceptors (Lipinski definition) is 5. The van der Waals surface area contributed by atoms with Crippen molar-refractivity contribution in [1.29, 1.82) is 0 Å². The van der Waals surface area contributed by atoms with Crippen molar-refractivity contribution in [2.75, 3.05) is 5.73 Å². The van der Waals surface area contributed by atoms with Gasteiger partial charge in [-0.15, -0.1) is 11.8 Å². The molecule has 1 fully saturated rings. The summed E-state index contributed by atoms with van der Waals surface area (Å²) in [5.74, 6) is 0.105. The second-order valence-corrected chi connectivity index (χ2v) is 5.21. The second kappa shape index (κ2) is 4.06. The molecule has 0 aliphatic carbocycles. The Morgan fingerprint density at radius 3 is 2.88 bits per heavy atom. The first-order valence-corrected chi connectivity index (χ1v) is 5.77. The van der Waals surface area contributed by atoms with E-state index in [4.69, 9.17) is 5.73 Å². The summed E-state index contributed by atoms with van der Waals surface area (Å²) in [5.41, 5.74) is 4.75. The monoisotopic (exact) mass is 245 g/mol. The SMILES string of the molecule is C[C@H]1S[C@@H](n2ccc(N)nc2=O)[C@@H](F)[C@@H]1O. The van der Waals surface area contributed by atoms with E-state index in [9.17, 15) is 14.3 Å². The average molecular weight is 245 g/mol. The maximum atomic E-state index is 13.7. The van der Waals surface area contributed by atoms with Gasteiger partial charge >= 0.3 is 5.69 Å². The standard InChI is InChI=1S/C9H12FN3O2S/c1-4-7(14)6(10)8(16-4)13-3-2-5(11)12-9(13)15/h2-4,6-8,14H,1H3,(H2,11,12,15)/t4-,6+,7-,8-/m1/s1. The number of halogens is 1. The summed E-state index contributed by atoms with van der Waals surface area (Å²) in [6.45, 7) is 1.72. The average Bonchev–Trinajstić information content (AvgIpc) is 2.46. The molecule has 1 aliphatic rings. The van der Waals surface area contributed by atoms with E-state index in [0.29, 0.717) is 0 Å². The zero-order chi connectivity index (χ0) is 11.9. The Balaban J connectivity index is 2.35. The van der Waals surface area contributed by atoms with Crippen LogP contribution in [0.25, 0.3) is 0 Å². The molecule has 0 spiro atoms. The van der Waals surface area contributed by atoms with Crippen LogP contribution in [0.4, 0.5) is 10.2 Å². The number of aliphatic hydroxyl groups excluding tert-OH is 1. The predicted molar refractivity (Wildman–Crippen MR) is 59.9 cm³/mol. The maximum absolute atomic E-state index is 13.7. The number of hydrogen-bond donors (Lipinski definition) is 2. The van der Waals surface area contributed by atoms with Crippen LogP contribution in [0.2, 0.25) is 0 Å². The van der Waals surface area contributed by atoms with E-state index in [1.807, 2.05) is 0 Å². The van der Waals surface area contributed by atoms with E-state index in [0.717, 1.165) is 0 Å². The van der Waals surface area contributed by atoms with Gasteiger partial charge in [0, 0.05) is 11.4 Å². The number of aromatic nitrogens is 2. The molecule has 1 saturated heterocycles. The van der Waals surface area contributed by atoms with Crippen LogP contribution in [-0.4, -0.2) is 32.2 Å². The Labute approximate surface area is 95.5 Å². The van der Waals surface area contributed by atoms with Crippen LogP contribution in [0.5, 0.6) is 0 Å². The number of nitrogens with two attached hydrogens (primary N) is 1. The van der Waals surface area contributed by atoms with Crippen molar-refractivity contribution in [3.63, 3.8) is 0 Å². The van der Waals surface area contributed by atoms with Gasteiger partial charge < -0.3 is 10.8 Å². The molecule has 2 rings (SSSR count). The number of aliphatic hydroxyl groups is 1. The molecule has 16 heavy (non-hydrogen) atoms. The largest absolute Gasteiger partial charge is 0.389 e. The van der Waals surface area contributed by atoms with Gasteiger partial charge in [-0.25, -0.2) is 9.18 Å². The van der Waals surface area contributed by atoms with Crippen molar-refractivity contribution in [3.05, 3.63) is 22.7 Å². The highest BCUT2D eigenvalue weighted by molar-refractivity contribution is 8.00. The smallest absolute Gasteiger partial charge is 0.350 e. The van der Waals surface area contributed by atoms with Crippen LogP contribution in [0.1, 0.15) is 12.3 Å². The summed E-state index contributed by atoms with van der Waals surface area (Å²) in [7, 11) is 0. The molecule has 0 amide bonds. The van der Waals surface area contributed by atoms with Crippen molar-refractivity contribution in [2.24, 2.45) is 0 Å². The molecule has 0 bridgehead atoms. The highest BCUT2D eigenvalue weighted by Crippen LogP contribution is 2.42. The van der Waals surface area contributed by atoms with E-state index in [1.165, 1.54) is 28.6 Å². The third kappa shape index (κ3) is 1.80. The Morgan fingerprint density at radius 2 is 2.38 bits per heavy atom. The maximum Gasteiger partial charge on any atom is 0.350 e. The van der Waals surface area contributed by atoms with Gasteiger partial charge in [0.25, 0.3) is 0 Å². The Kier molecular flexibility index (Phi) is 2.90. The zero-order valence-electron chi connectivity index (χ0n) is 8.58. The summed E-state index contributed by atoms with van der Waals surface area (Å²) in [6.07, 6.45) is -1.12. The molecule has 5 nitrogen and oxygen atoms in total. The summed E-state index contributed by atoms with van der Waals surface area (Å²) in [6, 6.07) is 1.43. The highest BCUT2D eigenvalue weighted by atomic mass is 32.2. The number of rotatable bonds is 1. The Hall–Kier alpha value is -1.08. The van der Waals surface area contributed by atoms with Gasteiger partial charge in [0.05, 0.1) is 6.10 Å². The van der Waals surface area contributed by atoms with Crippen LogP contribution in [-0.2, 0) is 0 Å². The van der Waals surface area contributed by atoms with Crippen LogP contribution < -0.4 is 11.4 Å². The van der Waals surface area contributed by atoms with Gasteiger partial charge in [0.2, 0.25) is 0 Å². The van der Waals surface area contributed by atoms with Crippen molar-refractivity contribution in [2.45, 2.75) is 29.8 Å². The predicted octanol–water partition coefficient (Wildman–Crippen LogP) is 0.158. The minimum atomic E-state index is -1.47. The first kappa shape index (κ1) is 11.4. The molecule has 0 aromatic carbocycles. The third-order valence-corrected chi connectivity index (χ3v) is 4.03. The molecule has 0 unspecified atom stereocenters. The van der Waals surface area contributed by atoms with Gasteiger partial charge in [-0.3, -0.25) is 4.57 Å². The molecule has 3 N–H and O–H groups in total. The summed E-state index contributed by atoms with van der Waals surface area (Å²) >= 11 is 1.21. The zero-order valence-corrected chi connectivity index (χ0v) is 9.39. The van der Waals surface area contributed by atoms with Crippen molar-refractivity contribution < 1.29 is 9.50 Å². The summed E-state index contributed by atoms with van der Waals surface area (Å²) in [5, 5.41) is 8.51. The number of nitrogen functional groups attached to an aromatic ring is 1. The number of anilines is 1. The molecule has 88 valence electrons. The molecule has 0 radical (unpaired) electrons. The minimum absolute atomic E-state index is 0.105. The highest BCUT2D eigenvalue weighted by Gasteiger charge is 2.42. The normalized spacial score (nSPS) is 34.2. The van der Waals surface area contributed by atoms with Crippen LogP contribution >= 0.6 is 11.8 Å². The molecule has 1 aromatic heterocycles. The molecule has 2 heterocycles. The Bertz CT molecular complexity index is 453. The van der Waals surface area contributed by atoms with Crippen LogP contribution in [0, 0.1) is 0 Å². The number of alkyl halides is 1. The fourth-order valence-electron chi connectivity index (χ4n) is 1.64. The molecular weight excluding hydrogens is 233 g/mol. The van der Waals surface area contributed by atoms with Crippen LogP contribution in [0.3, 0.4) is 0 Å². The van der Waals surface area contributed by atoms with Crippen LogP contribution in [0.15, 0.2) is 17.1 Å². The van der Waals surface area contributed by atoms with Gasteiger partial charge in [-0.05, 0) is 6.07 Å². The van der Waals surface area contributed by atoms with E-state index in [2.05, 4.69) is 4.98 Å². The van der Waals surface area contributed by atoms with E-state index < -0.39 is 23.3 Å². The van der Waals surface area contributed by atoms with Gasteiger partial charge in [-0.2, -0.15) is 4.98 Å². The fourth-order valence-corrected chi connectivity index (χ4v) is 3.00. The summed E-state index contributed by atoms with van der Waals surface area (Å²) < 4.78 is 14.9. The molecule has 0 saturated carbocycles. The topological polar surface area (TPSA) is 81.1 Å². The summed E-state index contributed by atoms with van der Waals surface area (Å²) in [4.78, 5) is 15.0. The van der Waals surface area contributed by atoms with E-state index in [-0.39, 0.29) is 11.1 Å². The molecule has 7 heteroatoms. The van der Waals surface area contributed by atoms with Gasteiger partial charge in [0.1, 0.15) is 11.2 Å². The van der Waals surface area contributed by atoms with Gasteiger partial charge in [0.15, 0.2) is 6.17 Å². The molecule has 1 aliphatic heterocycles. The quantitative estimate of drug-likeness (QED) is 0.736. The molecular formula is C9H12FN3O2S. The lowest BCUT2D eigenvalue weighted by Crippen LogP contribution is -2.32. The lowest BCUT2D eigenvalue weighted by molar-refractivity contribution is 0.0786. The first-order chi connectivity index (χ1) is 7.50. The van der Waals surface area contributed by atoms with E-state index in [1.54, 1.807) is 6.92 Å². The van der Waals surface area contributed by atoms with Crippen molar-refractivity contribution in [3.8, 4) is 0 Å². The van der Waals surface area contributed by atoms with Crippen molar-refractivity contribution in [1.82, 2.24) is 9.55 Å². The number of nitrogens with zero attached hydrogens (tertiary/aromatic N) is 2. The van der Waals surface area contributed by atoms with Crippen molar-refractivity contribution >= 4 is 17.6 Å². The third-order valence-electron chi connectivity index (χ3n) is 2.56.